The zero-order valence-corrected chi connectivity index (χ0v) is 9.42. The SMILES string of the molecule is CC1CCC(c2ccc3scnc3c2)=N1. The van der Waals surface area contributed by atoms with Crippen molar-refractivity contribution < 1.29 is 0 Å². The van der Waals surface area contributed by atoms with Crippen molar-refractivity contribution in [3.63, 3.8) is 0 Å². The van der Waals surface area contributed by atoms with Crippen LogP contribution in [0.15, 0.2) is 28.7 Å². The molecule has 3 rings (SSSR count). The van der Waals surface area contributed by atoms with Crippen molar-refractivity contribution in [2.45, 2.75) is 25.8 Å². The Morgan fingerprint density at radius 3 is 3.13 bits per heavy atom. The maximum atomic E-state index is 4.64. The molecule has 0 saturated carbocycles. The lowest BCUT2D eigenvalue weighted by Crippen LogP contribution is -1.95. The third-order valence-corrected chi connectivity index (χ3v) is 3.65. The van der Waals surface area contributed by atoms with Crippen LogP contribution < -0.4 is 0 Å². The third-order valence-electron chi connectivity index (χ3n) is 2.84. The maximum absolute atomic E-state index is 4.64. The van der Waals surface area contributed by atoms with Gasteiger partial charge < -0.3 is 0 Å². The molecule has 15 heavy (non-hydrogen) atoms. The first kappa shape index (κ1) is 9.04. The number of benzene rings is 1. The predicted octanol–water partition coefficient (Wildman–Crippen LogP) is 3.27. The molecule has 1 atom stereocenters. The summed E-state index contributed by atoms with van der Waals surface area (Å²) >= 11 is 1.69. The van der Waals surface area contributed by atoms with Gasteiger partial charge in [-0.05, 0) is 37.5 Å². The molecule has 0 fully saturated rings. The first-order valence-electron chi connectivity index (χ1n) is 5.23. The van der Waals surface area contributed by atoms with Crippen molar-refractivity contribution in [3.05, 3.63) is 29.3 Å². The van der Waals surface area contributed by atoms with Crippen molar-refractivity contribution in [2.24, 2.45) is 4.99 Å². The molecular formula is C12H12N2S. The quantitative estimate of drug-likeness (QED) is 0.718. The number of rotatable bonds is 1. The van der Waals surface area contributed by atoms with Gasteiger partial charge in [0.15, 0.2) is 0 Å². The summed E-state index contributed by atoms with van der Waals surface area (Å²) in [5.41, 5.74) is 5.49. The van der Waals surface area contributed by atoms with Gasteiger partial charge in [0, 0.05) is 11.8 Å². The summed E-state index contributed by atoms with van der Waals surface area (Å²) in [6.07, 6.45) is 2.29. The van der Waals surface area contributed by atoms with E-state index >= 15 is 0 Å². The van der Waals surface area contributed by atoms with Crippen LogP contribution in [0.4, 0.5) is 0 Å². The highest BCUT2D eigenvalue weighted by Crippen LogP contribution is 2.23. The topological polar surface area (TPSA) is 25.2 Å². The Balaban J connectivity index is 2.07. The number of thiazole rings is 1. The molecule has 1 aliphatic rings. The normalized spacial score (nSPS) is 20.9. The highest BCUT2D eigenvalue weighted by atomic mass is 32.1. The Labute approximate surface area is 92.7 Å². The van der Waals surface area contributed by atoms with Gasteiger partial charge in [-0.2, -0.15) is 0 Å². The Morgan fingerprint density at radius 2 is 2.33 bits per heavy atom. The van der Waals surface area contributed by atoms with Crippen LogP contribution in [-0.2, 0) is 0 Å². The molecule has 1 aromatic heterocycles. The highest BCUT2D eigenvalue weighted by Gasteiger charge is 2.14. The van der Waals surface area contributed by atoms with E-state index in [1.165, 1.54) is 22.4 Å². The summed E-state index contributed by atoms with van der Waals surface area (Å²) in [5.74, 6) is 0. The number of nitrogens with zero attached hydrogens (tertiary/aromatic N) is 2. The lowest BCUT2D eigenvalue weighted by molar-refractivity contribution is 0.739. The lowest BCUT2D eigenvalue weighted by Gasteiger charge is -1.99. The number of aromatic nitrogens is 1. The Bertz CT molecular complexity index is 527. The maximum Gasteiger partial charge on any atom is 0.0818 e. The summed E-state index contributed by atoms with van der Waals surface area (Å²) in [6, 6.07) is 6.96. The van der Waals surface area contributed by atoms with E-state index in [1.807, 2.05) is 5.51 Å². The minimum Gasteiger partial charge on any atom is -0.286 e. The summed E-state index contributed by atoms with van der Waals surface area (Å²) in [4.78, 5) is 8.98. The monoisotopic (exact) mass is 216 g/mol. The number of hydrogen-bond acceptors (Lipinski definition) is 3. The van der Waals surface area contributed by atoms with Crippen LogP contribution in [0.2, 0.25) is 0 Å². The lowest BCUT2D eigenvalue weighted by atomic mass is 10.1. The van der Waals surface area contributed by atoms with Gasteiger partial charge in [0.1, 0.15) is 0 Å². The van der Waals surface area contributed by atoms with E-state index in [2.05, 4.69) is 35.1 Å². The number of aliphatic imine (C=N–C) groups is 1. The third kappa shape index (κ3) is 1.57. The molecule has 0 bridgehead atoms. The highest BCUT2D eigenvalue weighted by molar-refractivity contribution is 7.16. The van der Waals surface area contributed by atoms with Crippen molar-refractivity contribution in [3.8, 4) is 0 Å². The van der Waals surface area contributed by atoms with Gasteiger partial charge in [0.2, 0.25) is 0 Å². The molecule has 1 aromatic carbocycles. The van der Waals surface area contributed by atoms with E-state index in [4.69, 9.17) is 0 Å². The van der Waals surface area contributed by atoms with Gasteiger partial charge >= 0.3 is 0 Å². The molecule has 2 aromatic rings. The van der Waals surface area contributed by atoms with Gasteiger partial charge in [-0.15, -0.1) is 11.3 Å². The first-order chi connectivity index (χ1) is 7.33. The van der Waals surface area contributed by atoms with Crippen LogP contribution in [0.5, 0.6) is 0 Å². The van der Waals surface area contributed by atoms with Crippen molar-refractivity contribution in [1.82, 2.24) is 4.98 Å². The van der Waals surface area contributed by atoms with E-state index in [-0.39, 0.29) is 0 Å². The summed E-state index contributed by atoms with van der Waals surface area (Å²) in [7, 11) is 0. The summed E-state index contributed by atoms with van der Waals surface area (Å²) in [5, 5.41) is 0. The van der Waals surface area contributed by atoms with Crippen molar-refractivity contribution in [1.29, 1.82) is 0 Å². The van der Waals surface area contributed by atoms with Crippen molar-refractivity contribution in [2.75, 3.05) is 0 Å². The Morgan fingerprint density at radius 1 is 1.40 bits per heavy atom. The van der Waals surface area contributed by atoms with E-state index in [0.717, 1.165) is 11.9 Å². The average Bonchev–Trinajstić information content (AvgIpc) is 2.84. The van der Waals surface area contributed by atoms with E-state index in [0.29, 0.717) is 6.04 Å². The van der Waals surface area contributed by atoms with Crippen molar-refractivity contribution >= 4 is 27.3 Å². The zero-order valence-electron chi connectivity index (χ0n) is 8.60. The van der Waals surface area contributed by atoms with Gasteiger partial charge in [0.05, 0.1) is 15.7 Å². The molecule has 0 aliphatic carbocycles. The predicted molar refractivity (Wildman–Crippen MR) is 64.9 cm³/mol. The molecule has 1 aliphatic heterocycles. The molecule has 0 amide bonds. The molecule has 3 heteroatoms. The zero-order chi connectivity index (χ0) is 10.3. The van der Waals surface area contributed by atoms with E-state index in [9.17, 15) is 0 Å². The summed E-state index contributed by atoms with van der Waals surface area (Å²) < 4.78 is 1.25. The van der Waals surface area contributed by atoms with Crippen LogP contribution >= 0.6 is 11.3 Å². The molecule has 1 unspecified atom stereocenters. The molecule has 0 spiro atoms. The second-order valence-corrected chi connectivity index (χ2v) is 4.88. The second-order valence-electron chi connectivity index (χ2n) is 4.00. The van der Waals surface area contributed by atoms with Crippen LogP contribution in [0.25, 0.3) is 10.2 Å². The molecule has 2 nitrogen and oxygen atoms in total. The standard InChI is InChI=1S/C12H12N2S/c1-8-2-4-10(14-8)9-3-5-12-11(6-9)13-7-15-12/h3,5-8H,2,4H2,1H3. The van der Waals surface area contributed by atoms with Crippen LogP contribution in [-0.4, -0.2) is 16.7 Å². The Hall–Kier alpha value is -1.22. The smallest absolute Gasteiger partial charge is 0.0818 e. The molecule has 0 saturated heterocycles. The van der Waals surface area contributed by atoms with Crippen LogP contribution in [0.3, 0.4) is 0 Å². The number of fused-ring (bicyclic) bond motifs is 1. The van der Waals surface area contributed by atoms with Crippen LogP contribution in [0, 0.1) is 0 Å². The minimum atomic E-state index is 0.492. The molecular weight excluding hydrogens is 204 g/mol. The van der Waals surface area contributed by atoms with E-state index < -0.39 is 0 Å². The fraction of sp³-hybridized carbons (Fsp3) is 0.333. The fourth-order valence-electron chi connectivity index (χ4n) is 2.00. The molecule has 76 valence electrons. The van der Waals surface area contributed by atoms with Gasteiger partial charge in [-0.25, -0.2) is 4.98 Å². The summed E-state index contributed by atoms with van der Waals surface area (Å²) in [6.45, 7) is 2.17. The Kier molecular flexibility index (Phi) is 2.06. The van der Waals surface area contributed by atoms with Gasteiger partial charge in [0.25, 0.3) is 0 Å². The average molecular weight is 216 g/mol. The molecule has 2 heterocycles. The van der Waals surface area contributed by atoms with E-state index in [1.54, 1.807) is 11.3 Å². The first-order valence-corrected chi connectivity index (χ1v) is 6.11. The molecule has 0 N–H and O–H groups in total. The van der Waals surface area contributed by atoms with Gasteiger partial charge in [-0.3, -0.25) is 4.99 Å². The largest absolute Gasteiger partial charge is 0.286 e. The van der Waals surface area contributed by atoms with Gasteiger partial charge in [-0.1, -0.05) is 6.07 Å². The number of hydrogen-bond donors (Lipinski definition) is 0. The second kappa shape index (κ2) is 3.42. The van der Waals surface area contributed by atoms with Crippen LogP contribution in [0.1, 0.15) is 25.3 Å². The minimum absolute atomic E-state index is 0.492. The fourth-order valence-corrected chi connectivity index (χ4v) is 2.66. The molecule has 0 radical (unpaired) electrons.